The fourth-order valence-corrected chi connectivity index (χ4v) is 6.60. The molecule has 0 aliphatic heterocycles. The normalized spacial score (nSPS) is 13.1. The van der Waals surface area contributed by atoms with Crippen LogP contribution in [0.25, 0.3) is 0 Å². The molecule has 0 saturated heterocycles. The summed E-state index contributed by atoms with van der Waals surface area (Å²) < 4.78 is 68.5. The number of rotatable bonds is 4. The zero-order valence-electron chi connectivity index (χ0n) is 9.32. The molecule has 118 valence electrons. The molecule has 21 heavy (non-hydrogen) atoms. The van der Waals surface area contributed by atoms with Crippen LogP contribution in [0.1, 0.15) is 10.4 Å². The first-order chi connectivity index (χ1) is 9.17. The highest BCUT2D eigenvalue weighted by atomic mass is 35.7. The Morgan fingerprint density at radius 2 is 1.24 bits per heavy atom. The second kappa shape index (κ2) is 5.56. The van der Waals surface area contributed by atoms with Gasteiger partial charge in [0.15, 0.2) is 0 Å². The van der Waals surface area contributed by atoms with E-state index in [1.165, 1.54) is 0 Å². The first kappa shape index (κ1) is 18.5. The van der Waals surface area contributed by atoms with Crippen LogP contribution < -0.4 is 0 Å². The van der Waals surface area contributed by atoms with Crippen LogP contribution in [-0.4, -0.2) is 36.3 Å². The molecule has 0 fully saturated rings. The van der Waals surface area contributed by atoms with Crippen LogP contribution in [0.4, 0.5) is 0 Å². The lowest BCUT2D eigenvalue weighted by Crippen LogP contribution is -2.13. The van der Waals surface area contributed by atoms with Gasteiger partial charge in [0, 0.05) is 32.0 Å². The number of carboxylic acids is 1. The number of halogens is 3. The Morgan fingerprint density at radius 3 is 1.52 bits per heavy atom. The van der Waals surface area contributed by atoms with E-state index in [1.807, 2.05) is 0 Å². The third-order valence-electron chi connectivity index (χ3n) is 2.06. The molecule has 1 aromatic carbocycles. The lowest BCUT2D eigenvalue weighted by Gasteiger charge is -2.10. The second-order valence-corrected chi connectivity index (χ2v) is 10.9. The number of aromatic carboxylic acids is 1. The molecule has 8 nitrogen and oxygen atoms in total. The van der Waals surface area contributed by atoms with Crippen molar-refractivity contribution in [3.05, 3.63) is 17.7 Å². The van der Waals surface area contributed by atoms with E-state index in [0.717, 1.165) is 0 Å². The van der Waals surface area contributed by atoms with Gasteiger partial charge in [-0.3, -0.25) is 0 Å². The van der Waals surface area contributed by atoms with Crippen LogP contribution in [-0.2, 0) is 27.2 Å². The molecule has 1 rings (SSSR count). The summed E-state index contributed by atoms with van der Waals surface area (Å²) in [4.78, 5) is 6.76. The molecule has 0 spiro atoms. The number of hydrogen-bond acceptors (Lipinski definition) is 7. The molecule has 0 amide bonds. The lowest BCUT2D eigenvalue weighted by molar-refractivity contribution is 0.0692. The van der Waals surface area contributed by atoms with Gasteiger partial charge in [-0.25, -0.2) is 30.0 Å². The molecular weight excluding hydrogens is 415 g/mol. The van der Waals surface area contributed by atoms with Gasteiger partial charge in [0.25, 0.3) is 27.2 Å². The van der Waals surface area contributed by atoms with Crippen molar-refractivity contribution >= 4 is 65.2 Å². The first-order valence-electron chi connectivity index (χ1n) is 4.41. The Bertz CT molecular complexity index is 930. The Hall–Kier alpha value is -0.590. The summed E-state index contributed by atoms with van der Waals surface area (Å²) in [6.07, 6.45) is 0. The fourth-order valence-electron chi connectivity index (χ4n) is 1.38. The second-order valence-electron chi connectivity index (χ2n) is 3.39. The van der Waals surface area contributed by atoms with Gasteiger partial charge in [-0.15, -0.1) is 0 Å². The van der Waals surface area contributed by atoms with E-state index in [2.05, 4.69) is 0 Å². The number of hydrogen-bond donors (Lipinski definition) is 1. The molecule has 0 aliphatic carbocycles. The average molecular weight is 418 g/mol. The maximum absolute atomic E-state index is 11.5. The number of benzene rings is 1. The summed E-state index contributed by atoms with van der Waals surface area (Å²) in [5.74, 6) is -1.87. The summed E-state index contributed by atoms with van der Waals surface area (Å²) in [5, 5.41) is 8.87. The molecule has 1 N–H and O–H groups in total. The summed E-state index contributed by atoms with van der Waals surface area (Å²) in [6, 6.07) is 1.02. The molecule has 0 unspecified atom stereocenters. The minimum absolute atomic E-state index is 0.493. The van der Waals surface area contributed by atoms with E-state index in [4.69, 9.17) is 37.2 Å². The SMILES string of the molecule is O=C(O)c1ccc(S(=O)(=O)Cl)c(S(=O)(=O)Cl)c1S(=O)(=O)Cl. The van der Waals surface area contributed by atoms with Gasteiger partial charge in [0.2, 0.25) is 0 Å². The summed E-state index contributed by atoms with van der Waals surface area (Å²) in [5.41, 5.74) is -1.08. The Morgan fingerprint density at radius 1 is 0.810 bits per heavy atom. The van der Waals surface area contributed by atoms with Gasteiger partial charge in [-0.05, 0) is 12.1 Å². The minimum Gasteiger partial charge on any atom is -0.478 e. The predicted octanol–water partition coefficient (Wildman–Crippen LogP) is 1.17. The topological polar surface area (TPSA) is 140 Å². The van der Waals surface area contributed by atoms with Crippen molar-refractivity contribution in [3.8, 4) is 0 Å². The highest BCUT2D eigenvalue weighted by Gasteiger charge is 2.36. The molecule has 0 saturated carbocycles. The zero-order valence-corrected chi connectivity index (χ0v) is 14.0. The number of carboxylic acid groups (broad SMARTS) is 1. The zero-order chi connectivity index (χ0) is 16.8. The van der Waals surface area contributed by atoms with Gasteiger partial charge in [0.1, 0.15) is 14.7 Å². The molecule has 0 aromatic heterocycles. The summed E-state index contributed by atoms with van der Waals surface area (Å²) >= 11 is 0. The van der Waals surface area contributed by atoms with Crippen molar-refractivity contribution < 1.29 is 35.2 Å². The van der Waals surface area contributed by atoms with Gasteiger partial charge in [-0.1, -0.05) is 0 Å². The van der Waals surface area contributed by atoms with Crippen molar-refractivity contribution in [3.63, 3.8) is 0 Å². The van der Waals surface area contributed by atoms with E-state index < -0.39 is 53.4 Å². The summed E-state index contributed by atoms with van der Waals surface area (Å²) in [6.45, 7) is 0. The van der Waals surface area contributed by atoms with Crippen molar-refractivity contribution in [2.75, 3.05) is 0 Å². The largest absolute Gasteiger partial charge is 0.478 e. The van der Waals surface area contributed by atoms with Gasteiger partial charge >= 0.3 is 5.97 Å². The molecule has 1 aromatic rings. The van der Waals surface area contributed by atoms with Crippen LogP contribution in [0.2, 0.25) is 0 Å². The molecule has 0 radical (unpaired) electrons. The minimum atomic E-state index is -5.00. The van der Waals surface area contributed by atoms with Crippen molar-refractivity contribution in [2.45, 2.75) is 14.7 Å². The Labute approximate surface area is 132 Å². The Kier molecular flexibility index (Phi) is 4.88. The van der Waals surface area contributed by atoms with Crippen LogP contribution in [0, 0.1) is 0 Å². The quantitative estimate of drug-likeness (QED) is 0.720. The molecule has 0 atom stereocenters. The molecule has 0 aliphatic rings. The highest BCUT2D eigenvalue weighted by molar-refractivity contribution is 8.17. The fraction of sp³-hybridized carbons (Fsp3) is 0. The van der Waals surface area contributed by atoms with Crippen molar-refractivity contribution in [2.24, 2.45) is 0 Å². The number of carbonyl (C=O) groups is 1. The van der Waals surface area contributed by atoms with Crippen LogP contribution in [0.5, 0.6) is 0 Å². The Balaban J connectivity index is 4.29. The van der Waals surface area contributed by atoms with Crippen LogP contribution in [0.3, 0.4) is 0 Å². The van der Waals surface area contributed by atoms with Gasteiger partial charge < -0.3 is 5.11 Å². The van der Waals surface area contributed by atoms with E-state index >= 15 is 0 Å². The van der Waals surface area contributed by atoms with Crippen LogP contribution in [0.15, 0.2) is 26.8 Å². The molecule has 14 heteroatoms. The smallest absolute Gasteiger partial charge is 0.337 e. The first-order valence-corrected chi connectivity index (χ1v) is 11.3. The summed E-state index contributed by atoms with van der Waals surface area (Å²) in [7, 11) is 0.243. The van der Waals surface area contributed by atoms with E-state index in [1.54, 1.807) is 0 Å². The average Bonchev–Trinajstić information content (AvgIpc) is 2.23. The van der Waals surface area contributed by atoms with Crippen molar-refractivity contribution in [1.82, 2.24) is 0 Å². The van der Waals surface area contributed by atoms with Gasteiger partial charge in [-0.2, -0.15) is 0 Å². The third-order valence-corrected chi connectivity index (χ3v) is 6.43. The highest BCUT2D eigenvalue weighted by Crippen LogP contribution is 2.36. The van der Waals surface area contributed by atoms with E-state index in [0.29, 0.717) is 12.1 Å². The maximum Gasteiger partial charge on any atom is 0.337 e. The van der Waals surface area contributed by atoms with Crippen molar-refractivity contribution in [1.29, 1.82) is 0 Å². The monoisotopic (exact) mass is 416 g/mol. The van der Waals surface area contributed by atoms with E-state index in [9.17, 15) is 30.0 Å². The van der Waals surface area contributed by atoms with Gasteiger partial charge in [0.05, 0.1) is 5.56 Å². The standard InChI is InChI=1S/C7H3Cl3O8S3/c8-19(13,14)4-2-1-3(7(11)12)5(20(9,15)16)6(4)21(10,17)18/h1-2H,(H,11,12). The van der Waals surface area contributed by atoms with E-state index in [-0.39, 0.29) is 0 Å². The predicted molar refractivity (Wildman–Crippen MR) is 72.5 cm³/mol. The maximum atomic E-state index is 11.5. The third kappa shape index (κ3) is 3.99. The molecule has 0 heterocycles. The molecule has 0 bridgehead atoms. The molecular formula is C7H3Cl3O8S3. The van der Waals surface area contributed by atoms with Crippen LogP contribution >= 0.6 is 32.0 Å². The lowest BCUT2D eigenvalue weighted by atomic mass is 10.2.